The summed E-state index contributed by atoms with van der Waals surface area (Å²) in [6.07, 6.45) is 2.52. The Balaban J connectivity index is 1.94. The van der Waals surface area contributed by atoms with Gasteiger partial charge in [0.15, 0.2) is 11.9 Å². The number of carboxylic acid groups (broad SMARTS) is 1. The Morgan fingerprint density at radius 3 is 3.06 bits per heavy atom. The van der Waals surface area contributed by atoms with Crippen LogP contribution in [0, 0.1) is 0 Å². The van der Waals surface area contributed by atoms with Crippen molar-refractivity contribution in [3.8, 4) is 5.75 Å². The van der Waals surface area contributed by atoms with E-state index in [1.165, 1.54) is 6.26 Å². The largest absolute Gasteiger partial charge is 0.475 e. The van der Waals surface area contributed by atoms with E-state index in [0.29, 0.717) is 18.0 Å². The van der Waals surface area contributed by atoms with Gasteiger partial charge in [-0.25, -0.2) is 4.79 Å². The molecule has 6 nitrogen and oxygen atoms in total. The van der Waals surface area contributed by atoms with Crippen LogP contribution in [-0.2, 0) is 0 Å². The summed E-state index contributed by atoms with van der Waals surface area (Å²) in [4.78, 5) is 10.9. The summed E-state index contributed by atoms with van der Waals surface area (Å²) >= 11 is 0. The number of hydrogen-bond donors (Lipinski definition) is 2. The zero-order chi connectivity index (χ0) is 11.8. The molecule has 0 amide bonds. The molecule has 0 spiro atoms. The predicted octanol–water partition coefficient (Wildman–Crippen LogP) is 2.12. The second-order valence-electron chi connectivity index (χ2n) is 3.62. The second kappa shape index (κ2) is 3.58. The Labute approximate surface area is 95.8 Å². The standard InChI is InChI=1S/C11H9NO5/c13-11(14)10-9-6(5-16-10)12-4-8(17-9)7-2-1-3-15-7/h1-3,5,8,12H,4H2,(H,13,14). The number of carbonyl (C=O) groups is 1. The van der Waals surface area contributed by atoms with Gasteiger partial charge in [-0.1, -0.05) is 0 Å². The van der Waals surface area contributed by atoms with Gasteiger partial charge in [0.25, 0.3) is 5.76 Å². The molecule has 6 heteroatoms. The minimum atomic E-state index is -1.16. The number of nitrogens with one attached hydrogen (secondary N) is 1. The molecule has 2 aromatic rings. The van der Waals surface area contributed by atoms with Crippen LogP contribution >= 0.6 is 0 Å². The van der Waals surface area contributed by atoms with E-state index < -0.39 is 5.97 Å². The smallest absolute Gasteiger partial charge is 0.375 e. The molecule has 1 aliphatic rings. The molecule has 0 saturated heterocycles. The highest BCUT2D eigenvalue weighted by atomic mass is 16.5. The van der Waals surface area contributed by atoms with E-state index in [-0.39, 0.29) is 17.6 Å². The summed E-state index contributed by atoms with van der Waals surface area (Å²) in [5.41, 5.74) is 0.546. The second-order valence-corrected chi connectivity index (χ2v) is 3.62. The fourth-order valence-corrected chi connectivity index (χ4v) is 1.75. The molecule has 0 saturated carbocycles. The Bertz CT molecular complexity index is 542. The molecule has 17 heavy (non-hydrogen) atoms. The van der Waals surface area contributed by atoms with Crippen molar-refractivity contribution in [2.45, 2.75) is 6.10 Å². The average Bonchev–Trinajstić information content (AvgIpc) is 2.97. The summed E-state index contributed by atoms with van der Waals surface area (Å²) in [7, 11) is 0. The normalized spacial score (nSPS) is 18.0. The van der Waals surface area contributed by atoms with Crippen LogP contribution < -0.4 is 10.1 Å². The third kappa shape index (κ3) is 1.54. The first-order valence-corrected chi connectivity index (χ1v) is 5.04. The molecule has 88 valence electrons. The maximum atomic E-state index is 10.9. The predicted molar refractivity (Wildman–Crippen MR) is 56.2 cm³/mol. The summed E-state index contributed by atoms with van der Waals surface area (Å²) in [6, 6.07) is 3.53. The van der Waals surface area contributed by atoms with E-state index >= 15 is 0 Å². The van der Waals surface area contributed by atoms with Crippen LogP contribution in [0.15, 0.2) is 33.5 Å². The van der Waals surface area contributed by atoms with E-state index in [1.54, 1.807) is 18.4 Å². The molecule has 2 N–H and O–H groups in total. The van der Waals surface area contributed by atoms with E-state index in [1.807, 2.05) is 0 Å². The SMILES string of the molecule is O=C(O)c1occ2c1OC(c1ccco1)CN2. The van der Waals surface area contributed by atoms with E-state index in [9.17, 15) is 4.79 Å². The first-order valence-electron chi connectivity index (χ1n) is 5.04. The van der Waals surface area contributed by atoms with Crippen LogP contribution in [0.4, 0.5) is 5.69 Å². The molecule has 2 aromatic heterocycles. The van der Waals surface area contributed by atoms with Gasteiger partial charge in [0.2, 0.25) is 0 Å². The zero-order valence-corrected chi connectivity index (χ0v) is 8.67. The lowest BCUT2D eigenvalue weighted by atomic mass is 10.2. The fraction of sp³-hybridized carbons (Fsp3) is 0.182. The minimum absolute atomic E-state index is 0.205. The topological polar surface area (TPSA) is 84.8 Å². The molecular weight excluding hydrogens is 226 g/mol. The van der Waals surface area contributed by atoms with Gasteiger partial charge in [-0.05, 0) is 12.1 Å². The van der Waals surface area contributed by atoms with Crippen LogP contribution in [0.2, 0.25) is 0 Å². The summed E-state index contributed by atoms with van der Waals surface area (Å²) < 4.78 is 15.7. The number of carboxylic acids is 1. The Hall–Kier alpha value is -2.37. The highest BCUT2D eigenvalue weighted by molar-refractivity contribution is 5.90. The molecule has 0 radical (unpaired) electrons. The number of aromatic carboxylic acids is 1. The van der Waals surface area contributed by atoms with Gasteiger partial charge in [-0.3, -0.25) is 0 Å². The van der Waals surface area contributed by atoms with Crippen molar-refractivity contribution in [1.29, 1.82) is 0 Å². The van der Waals surface area contributed by atoms with E-state index in [0.717, 1.165) is 0 Å². The molecule has 0 aliphatic carbocycles. The highest BCUT2D eigenvalue weighted by Gasteiger charge is 2.30. The Morgan fingerprint density at radius 2 is 2.35 bits per heavy atom. The molecule has 1 aliphatic heterocycles. The quantitative estimate of drug-likeness (QED) is 0.829. The molecule has 3 rings (SSSR count). The van der Waals surface area contributed by atoms with Crippen LogP contribution in [-0.4, -0.2) is 17.6 Å². The maximum absolute atomic E-state index is 10.9. The summed E-state index contributed by atoms with van der Waals surface area (Å²) in [5.74, 6) is -0.511. The van der Waals surface area contributed by atoms with Gasteiger partial charge in [0.05, 0.1) is 12.8 Å². The summed E-state index contributed by atoms with van der Waals surface area (Å²) in [5, 5.41) is 12.0. The summed E-state index contributed by atoms with van der Waals surface area (Å²) in [6.45, 7) is 0.499. The van der Waals surface area contributed by atoms with Crippen molar-refractivity contribution in [3.63, 3.8) is 0 Å². The number of anilines is 1. The van der Waals surface area contributed by atoms with Gasteiger partial charge < -0.3 is 24.0 Å². The number of fused-ring (bicyclic) bond motifs is 1. The van der Waals surface area contributed by atoms with Crippen LogP contribution in [0.5, 0.6) is 5.75 Å². The third-order valence-corrected chi connectivity index (χ3v) is 2.54. The number of rotatable bonds is 2. The van der Waals surface area contributed by atoms with E-state index in [4.69, 9.17) is 18.7 Å². The van der Waals surface area contributed by atoms with Crippen molar-refractivity contribution < 1.29 is 23.5 Å². The first kappa shape index (κ1) is 9.83. The molecule has 3 heterocycles. The highest BCUT2D eigenvalue weighted by Crippen LogP contribution is 2.38. The van der Waals surface area contributed by atoms with Crippen molar-refractivity contribution >= 4 is 11.7 Å². The van der Waals surface area contributed by atoms with Crippen molar-refractivity contribution in [2.24, 2.45) is 0 Å². The maximum Gasteiger partial charge on any atom is 0.375 e. The number of furan rings is 2. The monoisotopic (exact) mass is 235 g/mol. The number of ether oxygens (including phenoxy) is 1. The molecule has 0 fully saturated rings. The minimum Gasteiger partial charge on any atom is -0.475 e. The lowest BCUT2D eigenvalue weighted by molar-refractivity contribution is 0.0650. The van der Waals surface area contributed by atoms with Crippen LogP contribution in [0.3, 0.4) is 0 Å². The number of hydrogen-bond acceptors (Lipinski definition) is 5. The van der Waals surface area contributed by atoms with Crippen LogP contribution in [0.25, 0.3) is 0 Å². The van der Waals surface area contributed by atoms with Crippen LogP contribution in [0.1, 0.15) is 22.4 Å². The molecule has 1 unspecified atom stereocenters. The third-order valence-electron chi connectivity index (χ3n) is 2.54. The first-order chi connectivity index (χ1) is 8.25. The van der Waals surface area contributed by atoms with Gasteiger partial charge in [0, 0.05) is 0 Å². The Kier molecular flexibility index (Phi) is 2.07. The molecule has 0 bridgehead atoms. The Morgan fingerprint density at radius 1 is 1.47 bits per heavy atom. The van der Waals surface area contributed by atoms with Gasteiger partial charge in [-0.2, -0.15) is 0 Å². The lowest BCUT2D eigenvalue weighted by Crippen LogP contribution is -2.23. The molecular formula is C11H9NO5. The average molecular weight is 235 g/mol. The van der Waals surface area contributed by atoms with E-state index in [2.05, 4.69) is 5.32 Å². The lowest BCUT2D eigenvalue weighted by Gasteiger charge is -2.23. The van der Waals surface area contributed by atoms with Gasteiger partial charge in [0.1, 0.15) is 17.7 Å². The van der Waals surface area contributed by atoms with Crippen molar-refractivity contribution in [2.75, 3.05) is 11.9 Å². The van der Waals surface area contributed by atoms with Gasteiger partial charge >= 0.3 is 5.97 Å². The fourth-order valence-electron chi connectivity index (χ4n) is 1.75. The zero-order valence-electron chi connectivity index (χ0n) is 8.67. The van der Waals surface area contributed by atoms with Crippen molar-refractivity contribution in [1.82, 2.24) is 0 Å². The van der Waals surface area contributed by atoms with Crippen molar-refractivity contribution in [3.05, 3.63) is 36.2 Å². The molecule has 1 atom stereocenters. The van der Waals surface area contributed by atoms with Gasteiger partial charge in [-0.15, -0.1) is 0 Å². The molecule has 0 aromatic carbocycles.